The smallest absolute Gasteiger partial charge is 0.257 e. The third kappa shape index (κ3) is 2.45. The normalized spacial score (nSPS) is 19.9. The first-order chi connectivity index (χ1) is 8.83. The molecule has 0 saturated carbocycles. The molecule has 1 aliphatic heterocycles. The van der Waals surface area contributed by atoms with Crippen molar-refractivity contribution in [1.29, 1.82) is 0 Å². The molecule has 6 heteroatoms. The van der Waals surface area contributed by atoms with Gasteiger partial charge in [0.05, 0.1) is 6.61 Å². The molecule has 1 N–H and O–H groups in total. The van der Waals surface area contributed by atoms with Gasteiger partial charge in [-0.25, -0.2) is 0 Å². The van der Waals surface area contributed by atoms with Crippen molar-refractivity contribution in [2.45, 2.75) is 6.10 Å². The molecule has 1 saturated heterocycles. The minimum atomic E-state index is -0.146. The Hall–Kier alpha value is -1.24. The number of benzene rings is 1. The van der Waals surface area contributed by atoms with Crippen LogP contribution in [-0.2, 0) is 4.74 Å². The topological polar surface area (TPSA) is 60.2 Å². The second-order valence-electron chi connectivity index (χ2n) is 4.03. The molecule has 0 unspecified atom stereocenters. The highest BCUT2D eigenvalue weighted by atomic mass is 79.9. The number of aromatic nitrogens is 2. The number of morpholine rings is 1. The predicted octanol–water partition coefficient (Wildman–Crippen LogP) is 2.16. The monoisotopic (exact) mass is 309 g/mol. The summed E-state index contributed by atoms with van der Waals surface area (Å²) in [5, 5.41) is 7.22. The fraction of sp³-hybridized carbons (Fsp3) is 0.333. The van der Waals surface area contributed by atoms with Gasteiger partial charge in [0.2, 0.25) is 5.82 Å². The summed E-state index contributed by atoms with van der Waals surface area (Å²) in [7, 11) is 0. The van der Waals surface area contributed by atoms with Crippen LogP contribution in [0.3, 0.4) is 0 Å². The number of rotatable bonds is 2. The Labute approximate surface area is 113 Å². The highest BCUT2D eigenvalue weighted by molar-refractivity contribution is 9.10. The molecule has 3 rings (SSSR count). The maximum Gasteiger partial charge on any atom is 0.257 e. The van der Waals surface area contributed by atoms with E-state index in [0.717, 1.165) is 16.6 Å². The second-order valence-corrected chi connectivity index (χ2v) is 4.95. The van der Waals surface area contributed by atoms with E-state index in [-0.39, 0.29) is 6.10 Å². The van der Waals surface area contributed by atoms with Gasteiger partial charge < -0.3 is 14.6 Å². The largest absolute Gasteiger partial charge is 0.366 e. The minimum absolute atomic E-state index is 0.146. The predicted molar refractivity (Wildman–Crippen MR) is 69.0 cm³/mol. The molecular weight excluding hydrogens is 298 g/mol. The number of halogens is 1. The third-order valence-electron chi connectivity index (χ3n) is 2.73. The molecular formula is C12H12BrN3O2. The Kier molecular flexibility index (Phi) is 3.40. The summed E-state index contributed by atoms with van der Waals surface area (Å²) < 4.78 is 11.8. The molecule has 0 amide bonds. The maximum absolute atomic E-state index is 5.57. The van der Waals surface area contributed by atoms with E-state index >= 15 is 0 Å². The van der Waals surface area contributed by atoms with Gasteiger partial charge in [0.25, 0.3) is 5.89 Å². The summed E-state index contributed by atoms with van der Waals surface area (Å²) in [5.74, 6) is 1.11. The van der Waals surface area contributed by atoms with Gasteiger partial charge >= 0.3 is 0 Å². The van der Waals surface area contributed by atoms with Crippen LogP contribution in [0.15, 0.2) is 33.3 Å². The summed E-state index contributed by atoms with van der Waals surface area (Å²) in [5.41, 5.74) is 0.920. The highest BCUT2D eigenvalue weighted by Gasteiger charge is 2.22. The Morgan fingerprint density at radius 1 is 1.39 bits per heavy atom. The van der Waals surface area contributed by atoms with E-state index in [1.807, 2.05) is 24.3 Å². The van der Waals surface area contributed by atoms with Crippen LogP contribution in [0.5, 0.6) is 0 Å². The fourth-order valence-electron chi connectivity index (χ4n) is 1.83. The van der Waals surface area contributed by atoms with Gasteiger partial charge in [0, 0.05) is 23.1 Å². The zero-order valence-electron chi connectivity index (χ0n) is 9.60. The van der Waals surface area contributed by atoms with E-state index < -0.39 is 0 Å². The molecule has 18 heavy (non-hydrogen) atoms. The van der Waals surface area contributed by atoms with Crippen molar-refractivity contribution in [2.75, 3.05) is 19.7 Å². The number of nitrogens with one attached hydrogen (secondary N) is 1. The standard InChI is InChI=1S/C12H12BrN3O2/c13-9-3-1-2-8(6-9)11-15-12(18-16-11)10-7-14-4-5-17-10/h1-3,6,10,14H,4-5,7H2/t10-/m0/s1. The first-order valence-electron chi connectivity index (χ1n) is 5.75. The average molecular weight is 310 g/mol. The minimum Gasteiger partial charge on any atom is -0.366 e. The molecule has 0 radical (unpaired) electrons. The van der Waals surface area contributed by atoms with Crippen molar-refractivity contribution in [3.63, 3.8) is 0 Å². The lowest BCUT2D eigenvalue weighted by atomic mass is 10.2. The van der Waals surface area contributed by atoms with Crippen molar-refractivity contribution in [1.82, 2.24) is 15.5 Å². The molecule has 2 heterocycles. The first kappa shape index (κ1) is 11.8. The van der Waals surface area contributed by atoms with Crippen LogP contribution in [-0.4, -0.2) is 29.8 Å². The van der Waals surface area contributed by atoms with E-state index in [9.17, 15) is 0 Å². The Morgan fingerprint density at radius 2 is 2.33 bits per heavy atom. The van der Waals surface area contributed by atoms with Crippen LogP contribution >= 0.6 is 15.9 Å². The van der Waals surface area contributed by atoms with Crippen molar-refractivity contribution >= 4 is 15.9 Å². The van der Waals surface area contributed by atoms with Crippen molar-refractivity contribution < 1.29 is 9.26 Å². The van der Waals surface area contributed by atoms with Crippen molar-refractivity contribution in [2.24, 2.45) is 0 Å². The molecule has 1 aromatic heterocycles. The summed E-state index contributed by atoms with van der Waals surface area (Å²) >= 11 is 3.42. The summed E-state index contributed by atoms with van der Waals surface area (Å²) in [6.45, 7) is 2.24. The van der Waals surface area contributed by atoms with Crippen LogP contribution in [0.2, 0.25) is 0 Å². The second kappa shape index (κ2) is 5.17. The summed E-state index contributed by atoms with van der Waals surface area (Å²) in [6.07, 6.45) is -0.146. The van der Waals surface area contributed by atoms with Crippen LogP contribution < -0.4 is 5.32 Å². The molecule has 94 valence electrons. The van der Waals surface area contributed by atoms with Gasteiger partial charge in [0.1, 0.15) is 6.10 Å². The zero-order valence-corrected chi connectivity index (χ0v) is 11.2. The molecule has 1 fully saturated rings. The summed E-state index contributed by atoms with van der Waals surface area (Å²) in [4.78, 5) is 4.38. The van der Waals surface area contributed by atoms with Gasteiger partial charge in [0.15, 0.2) is 0 Å². The molecule has 2 aromatic rings. The van der Waals surface area contributed by atoms with Gasteiger partial charge in [-0.05, 0) is 12.1 Å². The lowest BCUT2D eigenvalue weighted by molar-refractivity contribution is 0.00755. The van der Waals surface area contributed by atoms with Gasteiger partial charge in [-0.2, -0.15) is 4.98 Å². The van der Waals surface area contributed by atoms with Crippen LogP contribution in [0.4, 0.5) is 0 Å². The Balaban J connectivity index is 1.84. The number of nitrogens with zero attached hydrogens (tertiary/aromatic N) is 2. The molecule has 0 aliphatic carbocycles. The highest BCUT2D eigenvalue weighted by Crippen LogP contribution is 2.23. The summed E-state index contributed by atoms with van der Waals surface area (Å²) in [6, 6.07) is 7.79. The molecule has 5 nitrogen and oxygen atoms in total. The third-order valence-corrected chi connectivity index (χ3v) is 3.22. The Morgan fingerprint density at radius 3 is 3.11 bits per heavy atom. The van der Waals surface area contributed by atoms with Crippen LogP contribution in [0.25, 0.3) is 11.4 Å². The molecule has 0 spiro atoms. The SMILES string of the molecule is Brc1cccc(-c2noc([C@@H]3CNCCO3)n2)c1. The molecule has 1 aromatic carbocycles. The lowest BCUT2D eigenvalue weighted by Crippen LogP contribution is -2.33. The molecule has 1 atom stereocenters. The van der Waals surface area contributed by atoms with E-state index in [4.69, 9.17) is 9.26 Å². The fourth-order valence-corrected chi connectivity index (χ4v) is 2.23. The maximum atomic E-state index is 5.57. The first-order valence-corrected chi connectivity index (χ1v) is 6.54. The van der Waals surface area contributed by atoms with E-state index in [1.165, 1.54) is 0 Å². The molecule has 1 aliphatic rings. The van der Waals surface area contributed by atoms with Gasteiger partial charge in [-0.15, -0.1) is 0 Å². The van der Waals surface area contributed by atoms with E-state index in [2.05, 4.69) is 31.4 Å². The van der Waals surface area contributed by atoms with E-state index in [0.29, 0.717) is 24.9 Å². The molecule has 0 bridgehead atoms. The van der Waals surface area contributed by atoms with Crippen LogP contribution in [0, 0.1) is 0 Å². The van der Waals surface area contributed by atoms with Crippen LogP contribution in [0.1, 0.15) is 12.0 Å². The Bertz CT molecular complexity index is 538. The van der Waals surface area contributed by atoms with Gasteiger partial charge in [-0.1, -0.05) is 33.2 Å². The zero-order chi connectivity index (χ0) is 12.4. The van der Waals surface area contributed by atoms with Crippen molar-refractivity contribution in [3.05, 3.63) is 34.6 Å². The lowest BCUT2D eigenvalue weighted by Gasteiger charge is -2.19. The van der Waals surface area contributed by atoms with Crippen molar-refractivity contribution in [3.8, 4) is 11.4 Å². The number of hydrogen-bond donors (Lipinski definition) is 1. The number of ether oxygens (including phenoxy) is 1. The van der Waals surface area contributed by atoms with Gasteiger partial charge in [-0.3, -0.25) is 0 Å². The average Bonchev–Trinajstić information content (AvgIpc) is 2.89. The number of hydrogen-bond acceptors (Lipinski definition) is 5. The van der Waals surface area contributed by atoms with E-state index in [1.54, 1.807) is 0 Å². The quantitative estimate of drug-likeness (QED) is 0.921.